The van der Waals surface area contributed by atoms with Crippen molar-refractivity contribution < 1.29 is 14.3 Å². The number of nitrogens with one attached hydrogen (secondary N) is 1. The smallest absolute Gasteiger partial charge is 0.272 e. The van der Waals surface area contributed by atoms with Crippen molar-refractivity contribution in [1.82, 2.24) is 14.8 Å². The molecule has 2 aromatic rings. The van der Waals surface area contributed by atoms with Crippen molar-refractivity contribution in [3.8, 4) is 5.75 Å². The van der Waals surface area contributed by atoms with Crippen LogP contribution in [0.15, 0.2) is 78.3 Å². The van der Waals surface area contributed by atoms with Crippen LogP contribution >= 0.6 is 11.8 Å². The van der Waals surface area contributed by atoms with Crippen molar-refractivity contribution >= 4 is 29.7 Å². The lowest BCUT2D eigenvalue weighted by Crippen LogP contribution is -2.67. The molecule has 6 nitrogen and oxygen atoms in total. The van der Waals surface area contributed by atoms with Crippen molar-refractivity contribution in [2.75, 3.05) is 13.4 Å². The Kier molecular flexibility index (Phi) is 10.4. The summed E-state index contributed by atoms with van der Waals surface area (Å²) < 4.78 is 7.36. The van der Waals surface area contributed by atoms with E-state index < -0.39 is 5.54 Å². The third-order valence-electron chi connectivity index (χ3n) is 8.31. The molecule has 1 N–H and O–H groups in total. The molecule has 218 valence electrons. The van der Waals surface area contributed by atoms with E-state index in [1.807, 2.05) is 47.0 Å². The number of thioether (sulfide) groups is 1. The van der Waals surface area contributed by atoms with E-state index in [0.717, 1.165) is 49.1 Å². The summed E-state index contributed by atoms with van der Waals surface area (Å²) >= 11 is 1.70. The van der Waals surface area contributed by atoms with Gasteiger partial charge in [0.15, 0.2) is 5.54 Å². The molecule has 0 spiro atoms. The van der Waals surface area contributed by atoms with Gasteiger partial charge in [-0.3, -0.25) is 9.59 Å². The summed E-state index contributed by atoms with van der Waals surface area (Å²) in [6, 6.07) is 11.6. The minimum atomic E-state index is -1.32. The fourth-order valence-electron chi connectivity index (χ4n) is 5.99. The van der Waals surface area contributed by atoms with Crippen LogP contribution in [0.3, 0.4) is 0 Å². The molecular weight excluding hydrogens is 530 g/mol. The number of methoxy groups -OCH3 is 1. The van der Waals surface area contributed by atoms with E-state index in [9.17, 15) is 9.59 Å². The van der Waals surface area contributed by atoms with Crippen LogP contribution in [0, 0.1) is 0 Å². The first-order valence-electron chi connectivity index (χ1n) is 14.6. The fraction of sp³-hybridized carbons (Fsp3) is 0.412. The maximum atomic E-state index is 14.7. The summed E-state index contributed by atoms with van der Waals surface area (Å²) in [5.74, 6) is 0.371. The number of ether oxygens (including phenoxy) is 1. The molecule has 1 saturated carbocycles. The van der Waals surface area contributed by atoms with E-state index in [-0.39, 0.29) is 30.9 Å². The lowest BCUT2D eigenvalue weighted by Gasteiger charge is -2.47. The number of rotatable bonds is 11. The van der Waals surface area contributed by atoms with Gasteiger partial charge >= 0.3 is 0 Å². The minimum absolute atomic E-state index is 0.0724. The first kappa shape index (κ1) is 30.5. The van der Waals surface area contributed by atoms with Gasteiger partial charge in [-0.05, 0) is 71.9 Å². The summed E-state index contributed by atoms with van der Waals surface area (Å²) in [5.41, 5.74) is 1.72. The molecule has 41 heavy (non-hydrogen) atoms. The third-order valence-corrected chi connectivity index (χ3v) is 9.24. The highest BCUT2D eigenvalue weighted by molar-refractivity contribution is 8.02. The molecule has 1 fully saturated rings. The second-order valence-corrected chi connectivity index (χ2v) is 11.7. The highest BCUT2D eigenvalue weighted by atomic mass is 32.2. The fourth-order valence-corrected chi connectivity index (χ4v) is 6.52. The summed E-state index contributed by atoms with van der Waals surface area (Å²) in [7, 11) is 1.63. The number of nitrogens with zero attached hydrogens (tertiary/aromatic N) is 2. The summed E-state index contributed by atoms with van der Waals surface area (Å²) in [6.07, 6.45) is 16.7. The molecule has 1 aliphatic carbocycles. The molecule has 1 aliphatic heterocycles. The Bertz CT molecular complexity index is 1310. The first-order valence-corrected chi connectivity index (χ1v) is 15.8. The lowest BCUT2D eigenvalue weighted by atomic mass is 9.82. The van der Waals surface area contributed by atoms with Gasteiger partial charge in [0.1, 0.15) is 11.4 Å². The zero-order valence-corrected chi connectivity index (χ0v) is 25.5. The van der Waals surface area contributed by atoms with Crippen molar-refractivity contribution in [2.45, 2.75) is 76.5 Å². The van der Waals surface area contributed by atoms with Crippen molar-refractivity contribution in [3.63, 3.8) is 0 Å². The second-order valence-electron chi connectivity index (χ2n) is 10.7. The largest absolute Gasteiger partial charge is 0.497 e. The van der Waals surface area contributed by atoms with Gasteiger partial charge in [0.05, 0.1) is 13.7 Å². The minimum Gasteiger partial charge on any atom is -0.497 e. The molecule has 0 radical (unpaired) electrons. The number of benzene rings is 1. The van der Waals surface area contributed by atoms with E-state index in [1.165, 1.54) is 17.7 Å². The van der Waals surface area contributed by atoms with Gasteiger partial charge in [-0.1, -0.05) is 76.1 Å². The number of allylic oxidation sites excluding steroid dienone is 3. The molecule has 4 rings (SSSR count). The van der Waals surface area contributed by atoms with E-state index in [1.54, 1.807) is 35.9 Å². The van der Waals surface area contributed by atoms with Gasteiger partial charge in [-0.15, -0.1) is 11.8 Å². The number of hydrogen-bond acceptors (Lipinski definition) is 4. The lowest BCUT2D eigenvalue weighted by molar-refractivity contribution is -0.132. The van der Waals surface area contributed by atoms with Crippen LogP contribution in [-0.2, 0) is 17.9 Å². The number of fused-ring (bicyclic) bond motifs is 1. The Morgan fingerprint density at radius 2 is 1.83 bits per heavy atom. The molecule has 0 bridgehead atoms. The molecule has 0 saturated heterocycles. The molecular formula is C34H43N3O3S. The summed E-state index contributed by atoms with van der Waals surface area (Å²) in [5, 5.41) is 3.39. The van der Waals surface area contributed by atoms with Gasteiger partial charge in [0.2, 0.25) is 0 Å². The topological polar surface area (TPSA) is 63.6 Å². The van der Waals surface area contributed by atoms with Crippen LogP contribution in [-0.4, -0.2) is 46.2 Å². The van der Waals surface area contributed by atoms with Gasteiger partial charge in [0, 0.05) is 18.3 Å². The zero-order chi connectivity index (χ0) is 29.4. The maximum absolute atomic E-state index is 14.7. The summed E-state index contributed by atoms with van der Waals surface area (Å²) in [4.78, 5) is 32.1. The molecule has 1 aromatic heterocycles. The molecule has 7 heteroatoms. The number of carbonyl (C=O) groups is 2. The molecule has 2 heterocycles. The number of hydrogen-bond donors (Lipinski definition) is 1. The van der Waals surface area contributed by atoms with E-state index in [2.05, 4.69) is 37.7 Å². The Labute approximate surface area is 249 Å². The molecule has 1 atom stereocenters. The highest BCUT2D eigenvalue weighted by Gasteiger charge is 2.53. The van der Waals surface area contributed by atoms with Crippen molar-refractivity contribution in [3.05, 3.63) is 95.2 Å². The van der Waals surface area contributed by atoms with Crippen LogP contribution in [0.4, 0.5) is 0 Å². The maximum Gasteiger partial charge on any atom is 0.272 e. The van der Waals surface area contributed by atoms with Crippen molar-refractivity contribution in [1.29, 1.82) is 0 Å². The van der Waals surface area contributed by atoms with Crippen LogP contribution in [0.5, 0.6) is 5.75 Å². The average molecular weight is 574 g/mol. The molecule has 1 aromatic carbocycles. The standard InChI is InChI=1S/C34H43N3O3S/c1-6-13-26(7-2)34(33(39)35-27-14-11-9-10-12-15-27)24-36-28(22-30(8-3)41-5)18-21-31(36)32(38)37(34)23-25-16-19-29(40-4)20-17-25/h6-7,13,16-22,27H,1-2,8-12,14-15,23-24H2,3-5H3,(H,35,39)/b26-13+,30-22-. The molecule has 2 amide bonds. The molecule has 2 aliphatic rings. The normalized spacial score (nSPS) is 20.3. The van der Waals surface area contributed by atoms with Crippen LogP contribution in [0.1, 0.15) is 73.6 Å². The number of amides is 2. The van der Waals surface area contributed by atoms with E-state index >= 15 is 0 Å². The van der Waals surface area contributed by atoms with E-state index in [4.69, 9.17) is 4.74 Å². The third kappa shape index (κ3) is 6.40. The average Bonchev–Trinajstić information content (AvgIpc) is 3.20. The predicted octanol–water partition coefficient (Wildman–Crippen LogP) is 7.14. The van der Waals surface area contributed by atoms with Crippen molar-refractivity contribution in [2.24, 2.45) is 0 Å². The Balaban J connectivity index is 1.89. The van der Waals surface area contributed by atoms with Gasteiger partial charge < -0.3 is 19.5 Å². The Morgan fingerprint density at radius 3 is 2.41 bits per heavy atom. The van der Waals surface area contributed by atoms with Crippen LogP contribution in [0.25, 0.3) is 6.08 Å². The number of carbonyl (C=O) groups excluding carboxylic acids is 2. The Morgan fingerprint density at radius 1 is 1.12 bits per heavy atom. The summed E-state index contributed by atoms with van der Waals surface area (Å²) in [6.45, 7) is 10.7. The predicted molar refractivity (Wildman–Crippen MR) is 170 cm³/mol. The molecule has 1 unspecified atom stereocenters. The van der Waals surface area contributed by atoms with Gasteiger partial charge in [0.25, 0.3) is 11.8 Å². The van der Waals surface area contributed by atoms with Crippen LogP contribution < -0.4 is 10.1 Å². The SMILES string of the molecule is C=C/C=C(\C=C)C1(C(=O)NC2CCCCCC2)Cn2c(/C=C(/CC)SC)ccc2C(=O)N1Cc1ccc(OC)cc1. The van der Waals surface area contributed by atoms with E-state index in [0.29, 0.717) is 11.3 Å². The quantitative estimate of drug-likeness (QED) is 0.229. The zero-order valence-electron chi connectivity index (χ0n) is 24.7. The van der Waals surface area contributed by atoms with Gasteiger partial charge in [-0.25, -0.2) is 0 Å². The second kappa shape index (κ2) is 13.9. The van der Waals surface area contributed by atoms with Gasteiger partial charge in [-0.2, -0.15) is 0 Å². The monoisotopic (exact) mass is 573 g/mol. The highest BCUT2D eigenvalue weighted by Crippen LogP contribution is 2.38. The first-order chi connectivity index (χ1) is 19.9. The Hall–Kier alpha value is -3.45. The number of aromatic nitrogens is 1. The van der Waals surface area contributed by atoms with Crippen LogP contribution in [0.2, 0.25) is 0 Å².